The van der Waals surface area contributed by atoms with E-state index in [4.69, 9.17) is 11.1 Å². The van der Waals surface area contributed by atoms with Gasteiger partial charge < -0.3 is 31.9 Å². The van der Waals surface area contributed by atoms with Crippen LogP contribution in [0.3, 0.4) is 0 Å². The first-order chi connectivity index (χ1) is 14.4. The van der Waals surface area contributed by atoms with Crippen molar-refractivity contribution >= 4 is 17.6 Å². The van der Waals surface area contributed by atoms with Crippen LogP contribution in [0.4, 0.5) is 0 Å². The number of nitrogens with two attached hydrogens (primary N) is 1. The fourth-order valence-electron chi connectivity index (χ4n) is 3.22. The summed E-state index contributed by atoms with van der Waals surface area (Å²) >= 11 is 0. The summed E-state index contributed by atoms with van der Waals surface area (Å²) in [6.07, 6.45) is 0.697. The maximum atomic E-state index is 12.4. The van der Waals surface area contributed by atoms with E-state index in [9.17, 15) is 19.8 Å². The molecule has 2 amide bonds. The molecule has 0 radical (unpaired) electrons. The van der Waals surface area contributed by atoms with Gasteiger partial charge in [-0.1, -0.05) is 24.3 Å². The van der Waals surface area contributed by atoms with Gasteiger partial charge in [-0.25, -0.2) is 0 Å². The average molecular weight is 421 g/mol. The van der Waals surface area contributed by atoms with Gasteiger partial charge in [0.25, 0.3) is 0 Å². The molecule has 1 aliphatic heterocycles. The maximum absolute atomic E-state index is 12.4. The van der Waals surface area contributed by atoms with Gasteiger partial charge in [-0.15, -0.1) is 0 Å². The minimum absolute atomic E-state index is 0.0408. The minimum atomic E-state index is -1.32. The molecule has 0 aromatic heterocycles. The predicted octanol–water partition coefficient (Wildman–Crippen LogP) is -1.99. The van der Waals surface area contributed by atoms with E-state index in [0.29, 0.717) is 18.0 Å². The zero-order valence-corrected chi connectivity index (χ0v) is 17.0. The molecule has 0 spiro atoms. The lowest BCUT2D eigenvalue weighted by molar-refractivity contribution is -0.129. The molecule has 2 rings (SSSR count). The first-order valence-electron chi connectivity index (χ1n) is 10.1. The second-order valence-corrected chi connectivity index (χ2v) is 7.43. The van der Waals surface area contributed by atoms with Crippen LogP contribution in [0, 0.1) is 11.3 Å². The molecular formula is C20H32N6O4. The number of hydrogen-bond acceptors (Lipinski definition) is 7. The number of nitrogen functional groups attached to an aromatic ring is 1. The van der Waals surface area contributed by atoms with Crippen molar-refractivity contribution in [2.75, 3.05) is 32.8 Å². The van der Waals surface area contributed by atoms with Gasteiger partial charge in [0.2, 0.25) is 11.8 Å². The first-order valence-corrected chi connectivity index (χ1v) is 10.1. The summed E-state index contributed by atoms with van der Waals surface area (Å²) in [6, 6.07) is 5.78. The number of hydrogen-bond donors (Lipinski definition) is 8. The van der Waals surface area contributed by atoms with E-state index in [1.54, 1.807) is 24.3 Å². The van der Waals surface area contributed by atoms with Crippen LogP contribution in [0.25, 0.3) is 0 Å². The fourth-order valence-corrected chi connectivity index (χ4v) is 3.22. The molecule has 30 heavy (non-hydrogen) atoms. The Kier molecular flexibility index (Phi) is 9.68. The third-order valence-corrected chi connectivity index (χ3v) is 5.12. The quantitative estimate of drug-likeness (QED) is 0.151. The van der Waals surface area contributed by atoms with E-state index in [1.165, 1.54) is 0 Å². The second-order valence-electron chi connectivity index (χ2n) is 7.43. The van der Waals surface area contributed by atoms with Gasteiger partial charge in [0.1, 0.15) is 18.0 Å². The number of carbonyl (C=O) groups excluding carboxylic acids is 2. The molecule has 0 aliphatic carbocycles. The molecule has 1 heterocycles. The standard InChI is InChI=1S/C20H32N6O4/c21-19(22)15-3-1-13(2-4-15)10-25-18(16(28)12-27)20(30)26-11-17(29)24-9-14-5-7-23-8-6-14/h1-4,14,16,18,23,25,27-28H,5-12H2,(H3,21,22)(H,24,29)(H,26,30). The van der Waals surface area contributed by atoms with Gasteiger partial charge in [-0.3, -0.25) is 20.3 Å². The van der Waals surface area contributed by atoms with E-state index < -0.39 is 24.7 Å². The van der Waals surface area contributed by atoms with Crippen molar-refractivity contribution in [3.8, 4) is 0 Å². The highest BCUT2D eigenvalue weighted by Crippen LogP contribution is 2.09. The zero-order chi connectivity index (χ0) is 21.9. The Balaban J connectivity index is 1.80. The molecule has 2 unspecified atom stereocenters. The molecule has 10 heteroatoms. The molecule has 9 N–H and O–H groups in total. The predicted molar refractivity (Wildman–Crippen MR) is 113 cm³/mol. The fraction of sp³-hybridized carbons (Fsp3) is 0.550. The lowest BCUT2D eigenvalue weighted by Gasteiger charge is -2.23. The molecule has 1 aromatic rings. The minimum Gasteiger partial charge on any atom is -0.394 e. The van der Waals surface area contributed by atoms with Crippen molar-refractivity contribution in [1.82, 2.24) is 21.3 Å². The van der Waals surface area contributed by atoms with Crippen molar-refractivity contribution in [2.45, 2.75) is 31.5 Å². The summed E-state index contributed by atoms with van der Waals surface area (Å²) in [5.74, 6) is -0.473. The van der Waals surface area contributed by atoms with Crippen LogP contribution in [-0.2, 0) is 16.1 Å². The summed E-state index contributed by atoms with van der Waals surface area (Å²) in [7, 11) is 0. The van der Waals surface area contributed by atoms with Crippen LogP contribution < -0.4 is 27.0 Å². The summed E-state index contributed by atoms with van der Waals surface area (Å²) in [5.41, 5.74) is 6.81. The summed E-state index contributed by atoms with van der Waals surface area (Å²) in [5, 5.41) is 38.1. The molecule has 1 aliphatic rings. The smallest absolute Gasteiger partial charge is 0.240 e. The maximum Gasteiger partial charge on any atom is 0.240 e. The van der Waals surface area contributed by atoms with E-state index in [0.717, 1.165) is 31.5 Å². The van der Waals surface area contributed by atoms with Crippen LogP contribution in [0.15, 0.2) is 24.3 Å². The number of aliphatic hydroxyl groups is 2. The van der Waals surface area contributed by atoms with Crippen LogP contribution >= 0.6 is 0 Å². The Hall–Kier alpha value is -2.53. The Morgan fingerprint density at radius 3 is 2.47 bits per heavy atom. The molecule has 0 saturated carbocycles. The highest BCUT2D eigenvalue weighted by Gasteiger charge is 2.26. The SMILES string of the molecule is N=C(N)c1ccc(CNC(C(=O)NCC(=O)NCC2CCNCC2)C(O)CO)cc1. The van der Waals surface area contributed by atoms with Crippen molar-refractivity contribution in [2.24, 2.45) is 11.7 Å². The Labute approximate surface area is 176 Å². The van der Waals surface area contributed by atoms with Crippen LogP contribution in [0.2, 0.25) is 0 Å². The van der Waals surface area contributed by atoms with Crippen molar-refractivity contribution in [3.63, 3.8) is 0 Å². The van der Waals surface area contributed by atoms with Gasteiger partial charge >= 0.3 is 0 Å². The van der Waals surface area contributed by atoms with Crippen molar-refractivity contribution in [3.05, 3.63) is 35.4 Å². The lowest BCUT2D eigenvalue weighted by atomic mass is 9.98. The molecule has 1 saturated heterocycles. The Morgan fingerprint density at radius 2 is 1.87 bits per heavy atom. The molecule has 1 fully saturated rings. The number of nitrogens with one attached hydrogen (secondary N) is 5. The highest BCUT2D eigenvalue weighted by atomic mass is 16.3. The van der Waals surface area contributed by atoms with E-state index in [1.807, 2.05) is 0 Å². The molecule has 10 nitrogen and oxygen atoms in total. The Morgan fingerprint density at radius 1 is 1.20 bits per heavy atom. The van der Waals surface area contributed by atoms with Crippen LogP contribution in [-0.4, -0.2) is 72.8 Å². The molecule has 2 atom stereocenters. The number of benzene rings is 1. The molecule has 166 valence electrons. The average Bonchev–Trinajstić information content (AvgIpc) is 2.77. The van der Waals surface area contributed by atoms with Gasteiger partial charge in [-0.05, 0) is 37.4 Å². The van der Waals surface area contributed by atoms with Crippen LogP contribution in [0.5, 0.6) is 0 Å². The molecule has 0 bridgehead atoms. The van der Waals surface area contributed by atoms with Crippen molar-refractivity contribution in [1.29, 1.82) is 5.41 Å². The summed E-state index contributed by atoms with van der Waals surface area (Å²) < 4.78 is 0. The number of carbonyl (C=O) groups is 2. The number of amidine groups is 1. The number of piperidine rings is 1. The van der Waals surface area contributed by atoms with E-state index in [2.05, 4.69) is 21.3 Å². The summed E-state index contributed by atoms with van der Waals surface area (Å²) in [4.78, 5) is 24.5. The second kappa shape index (κ2) is 12.2. The highest BCUT2D eigenvalue weighted by molar-refractivity contribution is 5.94. The molecular weight excluding hydrogens is 388 g/mol. The van der Waals surface area contributed by atoms with Gasteiger partial charge in [0, 0.05) is 18.7 Å². The lowest BCUT2D eigenvalue weighted by Crippen LogP contribution is -2.53. The van der Waals surface area contributed by atoms with Crippen LogP contribution in [0.1, 0.15) is 24.0 Å². The van der Waals surface area contributed by atoms with Crippen molar-refractivity contribution < 1.29 is 19.8 Å². The summed E-state index contributed by atoms with van der Waals surface area (Å²) in [6.45, 7) is 1.91. The van der Waals surface area contributed by atoms with Gasteiger partial charge in [0.15, 0.2) is 0 Å². The third kappa shape index (κ3) is 7.71. The topological polar surface area (TPSA) is 173 Å². The number of rotatable bonds is 11. The monoisotopic (exact) mass is 420 g/mol. The third-order valence-electron chi connectivity index (χ3n) is 5.12. The Bertz CT molecular complexity index is 706. The normalized spacial score (nSPS) is 16.5. The largest absolute Gasteiger partial charge is 0.394 e. The van der Waals surface area contributed by atoms with Gasteiger partial charge in [-0.2, -0.15) is 0 Å². The van der Waals surface area contributed by atoms with E-state index in [-0.39, 0.29) is 24.8 Å². The zero-order valence-electron chi connectivity index (χ0n) is 17.0. The number of aliphatic hydroxyl groups excluding tert-OH is 2. The van der Waals surface area contributed by atoms with Gasteiger partial charge in [0.05, 0.1) is 13.2 Å². The number of amides is 2. The first kappa shape index (κ1) is 23.7. The van der Waals surface area contributed by atoms with E-state index >= 15 is 0 Å². The molecule has 1 aromatic carbocycles.